The van der Waals surface area contributed by atoms with Crippen LogP contribution in [-0.2, 0) is 4.74 Å². The molecule has 86 valence electrons. The van der Waals surface area contributed by atoms with Gasteiger partial charge in [-0.2, -0.15) is 0 Å². The Morgan fingerprint density at radius 2 is 1.86 bits per heavy atom. The first-order chi connectivity index (χ1) is 6.54. The van der Waals surface area contributed by atoms with Crippen LogP contribution in [0.1, 0.15) is 46.5 Å². The number of aliphatic hydroxyl groups is 2. The Hall–Kier alpha value is -0.120. The van der Waals surface area contributed by atoms with Crippen LogP contribution < -0.4 is 0 Å². The fraction of sp³-hybridized carbons (Fsp3) is 1.00. The zero-order valence-electron chi connectivity index (χ0n) is 9.62. The standard InChI is InChI=1S/C11H24O3/c1-4-5-6-7-8-14-11(2,3)10(13)9-12/h10,12-13H,4-9H2,1-3H3. The molecule has 0 radical (unpaired) electrons. The molecule has 0 saturated heterocycles. The van der Waals surface area contributed by atoms with Gasteiger partial charge in [0.1, 0.15) is 6.10 Å². The average Bonchev–Trinajstić information content (AvgIpc) is 2.16. The Morgan fingerprint density at radius 1 is 1.21 bits per heavy atom. The minimum Gasteiger partial charge on any atom is -0.394 e. The fourth-order valence-electron chi connectivity index (χ4n) is 1.18. The quantitative estimate of drug-likeness (QED) is 0.592. The Kier molecular flexibility index (Phi) is 7.15. The third-order valence-electron chi connectivity index (χ3n) is 2.45. The van der Waals surface area contributed by atoms with Gasteiger partial charge in [-0.05, 0) is 20.3 Å². The molecule has 0 aliphatic carbocycles. The summed E-state index contributed by atoms with van der Waals surface area (Å²) in [5.41, 5.74) is -0.638. The van der Waals surface area contributed by atoms with E-state index in [-0.39, 0.29) is 6.61 Å². The molecule has 1 unspecified atom stereocenters. The second-order valence-electron chi connectivity index (χ2n) is 4.21. The van der Waals surface area contributed by atoms with Crippen molar-refractivity contribution in [2.75, 3.05) is 13.2 Å². The van der Waals surface area contributed by atoms with Crippen LogP contribution in [0.4, 0.5) is 0 Å². The van der Waals surface area contributed by atoms with Crippen molar-refractivity contribution in [3.8, 4) is 0 Å². The van der Waals surface area contributed by atoms with E-state index in [1.54, 1.807) is 13.8 Å². The smallest absolute Gasteiger partial charge is 0.105 e. The summed E-state index contributed by atoms with van der Waals surface area (Å²) in [4.78, 5) is 0. The average molecular weight is 204 g/mol. The van der Waals surface area contributed by atoms with Crippen molar-refractivity contribution in [2.45, 2.75) is 58.2 Å². The molecule has 0 saturated carbocycles. The van der Waals surface area contributed by atoms with E-state index in [0.717, 1.165) is 6.42 Å². The monoisotopic (exact) mass is 204 g/mol. The van der Waals surface area contributed by atoms with Gasteiger partial charge in [0.05, 0.1) is 12.2 Å². The van der Waals surface area contributed by atoms with E-state index < -0.39 is 11.7 Å². The van der Waals surface area contributed by atoms with E-state index in [1.807, 2.05) is 0 Å². The molecule has 1 atom stereocenters. The maximum absolute atomic E-state index is 9.41. The van der Waals surface area contributed by atoms with Crippen molar-refractivity contribution < 1.29 is 14.9 Å². The van der Waals surface area contributed by atoms with Gasteiger partial charge in [-0.3, -0.25) is 0 Å². The lowest BCUT2D eigenvalue weighted by molar-refractivity contribution is -0.116. The van der Waals surface area contributed by atoms with Crippen molar-refractivity contribution in [1.82, 2.24) is 0 Å². The van der Waals surface area contributed by atoms with Crippen molar-refractivity contribution in [1.29, 1.82) is 0 Å². The summed E-state index contributed by atoms with van der Waals surface area (Å²) < 4.78 is 5.52. The molecule has 0 aromatic rings. The third-order valence-corrected chi connectivity index (χ3v) is 2.45. The van der Waals surface area contributed by atoms with Crippen molar-refractivity contribution in [3.63, 3.8) is 0 Å². The van der Waals surface area contributed by atoms with Crippen LogP contribution in [-0.4, -0.2) is 35.1 Å². The molecule has 3 nitrogen and oxygen atoms in total. The molecule has 0 fully saturated rings. The molecular weight excluding hydrogens is 180 g/mol. The van der Waals surface area contributed by atoms with E-state index in [0.29, 0.717) is 6.61 Å². The second-order valence-corrected chi connectivity index (χ2v) is 4.21. The molecule has 14 heavy (non-hydrogen) atoms. The van der Waals surface area contributed by atoms with Crippen LogP contribution in [0.15, 0.2) is 0 Å². The molecule has 0 aromatic heterocycles. The molecule has 3 heteroatoms. The first-order valence-corrected chi connectivity index (χ1v) is 5.47. The summed E-state index contributed by atoms with van der Waals surface area (Å²) in [7, 11) is 0. The molecule has 0 spiro atoms. The van der Waals surface area contributed by atoms with E-state index in [2.05, 4.69) is 6.92 Å². The molecule has 0 aliphatic rings. The zero-order chi connectivity index (χ0) is 11.0. The SMILES string of the molecule is CCCCCCOC(C)(C)C(O)CO. The van der Waals surface area contributed by atoms with Crippen LogP contribution in [0, 0.1) is 0 Å². The van der Waals surface area contributed by atoms with Crippen LogP contribution in [0.2, 0.25) is 0 Å². The minimum absolute atomic E-state index is 0.248. The third kappa shape index (κ3) is 5.58. The van der Waals surface area contributed by atoms with Gasteiger partial charge in [-0.25, -0.2) is 0 Å². The number of hydrogen-bond donors (Lipinski definition) is 2. The molecule has 0 aliphatic heterocycles. The normalized spacial score (nSPS) is 14.4. The molecule has 2 N–H and O–H groups in total. The fourth-order valence-corrected chi connectivity index (χ4v) is 1.18. The second kappa shape index (κ2) is 7.21. The lowest BCUT2D eigenvalue weighted by atomic mass is 10.0. The van der Waals surface area contributed by atoms with Crippen LogP contribution >= 0.6 is 0 Å². The van der Waals surface area contributed by atoms with Crippen molar-refractivity contribution >= 4 is 0 Å². The summed E-state index contributed by atoms with van der Waals surface area (Å²) in [5, 5.41) is 18.2. The molecule has 0 bridgehead atoms. The Balaban J connectivity index is 3.55. The van der Waals surface area contributed by atoms with E-state index in [1.165, 1.54) is 19.3 Å². The van der Waals surface area contributed by atoms with Gasteiger partial charge in [0.25, 0.3) is 0 Å². The number of unbranched alkanes of at least 4 members (excludes halogenated alkanes) is 3. The van der Waals surface area contributed by atoms with Crippen molar-refractivity contribution in [3.05, 3.63) is 0 Å². The Morgan fingerprint density at radius 3 is 2.36 bits per heavy atom. The van der Waals surface area contributed by atoms with E-state index >= 15 is 0 Å². The van der Waals surface area contributed by atoms with Crippen molar-refractivity contribution in [2.24, 2.45) is 0 Å². The molecular formula is C11H24O3. The maximum atomic E-state index is 9.41. The highest BCUT2D eigenvalue weighted by Gasteiger charge is 2.27. The van der Waals surface area contributed by atoms with Gasteiger partial charge >= 0.3 is 0 Å². The minimum atomic E-state index is -0.798. The van der Waals surface area contributed by atoms with Gasteiger partial charge in [0.2, 0.25) is 0 Å². The van der Waals surface area contributed by atoms with E-state index in [4.69, 9.17) is 9.84 Å². The van der Waals surface area contributed by atoms with Gasteiger partial charge in [-0.15, -0.1) is 0 Å². The largest absolute Gasteiger partial charge is 0.394 e. The highest BCUT2D eigenvalue weighted by atomic mass is 16.5. The topological polar surface area (TPSA) is 49.7 Å². The molecule has 0 aromatic carbocycles. The zero-order valence-corrected chi connectivity index (χ0v) is 9.62. The Bertz CT molecular complexity index is 134. The predicted octanol–water partition coefficient (Wildman–Crippen LogP) is 1.72. The summed E-state index contributed by atoms with van der Waals surface area (Å²) in [5.74, 6) is 0. The predicted molar refractivity (Wildman–Crippen MR) is 57.3 cm³/mol. The summed E-state index contributed by atoms with van der Waals surface area (Å²) in [6.07, 6.45) is 3.83. The first-order valence-electron chi connectivity index (χ1n) is 5.47. The maximum Gasteiger partial charge on any atom is 0.105 e. The number of ether oxygens (including phenoxy) is 1. The van der Waals surface area contributed by atoms with Crippen LogP contribution in [0.25, 0.3) is 0 Å². The number of aliphatic hydroxyl groups excluding tert-OH is 2. The lowest BCUT2D eigenvalue weighted by Crippen LogP contribution is -2.41. The summed E-state index contributed by atoms with van der Waals surface area (Å²) >= 11 is 0. The van der Waals surface area contributed by atoms with Gasteiger partial charge in [0, 0.05) is 6.61 Å². The molecule has 0 amide bonds. The van der Waals surface area contributed by atoms with Crippen LogP contribution in [0.3, 0.4) is 0 Å². The summed E-state index contributed by atoms with van der Waals surface area (Å²) in [6, 6.07) is 0. The number of rotatable bonds is 8. The highest BCUT2D eigenvalue weighted by molar-refractivity contribution is 4.77. The highest BCUT2D eigenvalue weighted by Crippen LogP contribution is 2.15. The first kappa shape index (κ1) is 13.9. The summed E-state index contributed by atoms with van der Waals surface area (Å²) in [6.45, 7) is 6.17. The van der Waals surface area contributed by atoms with Gasteiger partial charge < -0.3 is 14.9 Å². The van der Waals surface area contributed by atoms with E-state index in [9.17, 15) is 5.11 Å². The van der Waals surface area contributed by atoms with Crippen LogP contribution in [0.5, 0.6) is 0 Å². The number of hydrogen-bond acceptors (Lipinski definition) is 3. The van der Waals surface area contributed by atoms with Gasteiger partial charge in [-0.1, -0.05) is 26.2 Å². The van der Waals surface area contributed by atoms with Gasteiger partial charge in [0.15, 0.2) is 0 Å². The molecule has 0 rings (SSSR count). The Labute approximate surface area is 87.1 Å². The molecule has 0 heterocycles. The lowest BCUT2D eigenvalue weighted by Gasteiger charge is -2.29.